The Balaban J connectivity index is 2.35. The summed E-state index contributed by atoms with van der Waals surface area (Å²) in [5.74, 6) is 0.881. The lowest BCUT2D eigenvalue weighted by Gasteiger charge is -2.08. The maximum Gasteiger partial charge on any atom is 0.133 e. The molecule has 0 atom stereocenters. The molecule has 0 aromatic heterocycles. The van der Waals surface area contributed by atoms with E-state index in [0.29, 0.717) is 6.61 Å². The van der Waals surface area contributed by atoms with E-state index in [9.17, 15) is 0 Å². The fourth-order valence-corrected chi connectivity index (χ4v) is 2.02. The van der Waals surface area contributed by atoms with E-state index in [0.717, 1.165) is 21.3 Å². The minimum Gasteiger partial charge on any atom is -0.493 e. The molecule has 1 radical (unpaired) electrons. The Labute approximate surface area is 104 Å². The maximum atomic E-state index is 5.47. The molecular weight excluding hydrogens is 264 g/mol. The van der Waals surface area contributed by atoms with Crippen LogP contribution in [-0.2, 0) is 0 Å². The molecule has 81 valence electrons. The van der Waals surface area contributed by atoms with Gasteiger partial charge in [0.1, 0.15) is 5.75 Å². The molecule has 0 aliphatic carbocycles. The van der Waals surface area contributed by atoms with Crippen LogP contribution >= 0.6 is 15.9 Å². The highest BCUT2D eigenvalue weighted by Crippen LogP contribution is 2.30. The molecule has 1 nitrogen and oxygen atoms in total. The summed E-state index contributed by atoms with van der Waals surface area (Å²) in [5, 5.41) is 0. The van der Waals surface area contributed by atoms with Crippen LogP contribution in [0.2, 0.25) is 0 Å². The van der Waals surface area contributed by atoms with Crippen molar-refractivity contribution in [2.24, 2.45) is 0 Å². The van der Waals surface area contributed by atoms with Crippen molar-refractivity contribution in [2.45, 2.75) is 6.92 Å². The minimum atomic E-state index is 0.678. The van der Waals surface area contributed by atoms with Crippen LogP contribution in [0.4, 0.5) is 0 Å². The summed E-state index contributed by atoms with van der Waals surface area (Å²) >= 11 is 3.51. The van der Waals surface area contributed by atoms with Gasteiger partial charge in [0.25, 0.3) is 0 Å². The van der Waals surface area contributed by atoms with Gasteiger partial charge in [-0.3, -0.25) is 0 Å². The molecule has 0 aliphatic rings. The van der Waals surface area contributed by atoms with Gasteiger partial charge in [-0.1, -0.05) is 24.3 Å². The molecule has 2 rings (SSSR count). The zero-order valence-corrected chi connectivity index (χ0v) is 10.6. The van der Waals surface area contributed by atoms with Gasteiger partial charge in [-0.05, 0) is 58.2 Å². The molecule has 16 heavy (non-hydrogen) atoms. The number of ether oxygens (including phenoxy) is 1. The highest BCUT2D eigenvalue weighted by Gasteiger charge is 2.03. The molecule has 0 spiro atoms. The number of benzene rings is 2. The lowest BCUT2D eigenvalue weighted by atomic mass is 10.1. The van der Waals surface area contributed by atoms with Crippen molar-refractivity contribution in [3.8, 4) is 16.9 Å². The second-order valence-corrected chi connectivity index (χ2v) is 4.22. The van der Waals surface area contributed by atoms with Crippen LogP contribution in [-0.4, -0.2) is 6.61 Å². The summed E-state index contributed by atoms with van der Waals surface area (Å²) in [7, 11) is 0. The minimum absolute atomic E-state index is 0.678. The lowest BCUT2D eigenvalue weighted by molar-refractivity contribution is 0.338. The van der Waals surface area contributed by atoms with Crippen LogP contribution in [0.5, 0.6) is 5.75 Å². The fraction of sp³-hybridized carbons (Fsp3) is 0.143. The van der Waals surface area contributed by atoms with Crippen molar-refractivity contribution >= 4 is 15.9 Å². The molecule has 2 heteroatoms. The van der Waals surface area contributed by atoms with Gasteiger partial charge in [-0.2, -0.15) is 0 Å². The summed E-state index contributed by atoms with van der Waals surface area (Å²) in [6.07, 6.45) is 0. The second-order valence-electron chi connectivity index (χ2n) is 3.37. The highest BCUT2D eigenvalue weighted by atomic mass is 79.9. The Morgan fingerprint density at radius 3 is 2.75 bits per heavy atom. The van der Waals surface area contributed by atoms with Gasteiger partial charge < -0.3 is 4.74 Å². The van der Waals surface area contributed by atoms with Crippen molar-refractivity contribution in [1.82, 2.24) is 0 Å². The van der Waals surface area contributed by atoms with Crippen molar-refractivity contribution in [3.63, 3.8) is 0 Å². The van der Waals surface area contributed by atoms with Crippen LogP contribution in [0.15, 0.2) is 46.9 Å². The zero-order chi connectivity index (χ0) is 11.4. The Kier molecular flexibility index (Phi) is 3.62. The van der Waals surface area contributed by atoms with Crippen molar-refractivity contribution in [2.75, 3.05) is 6.61 Å². The average Bonchev–Trinajstić information content (AvgIpc) is 2.33. The van der Waals surface area contributed by atoms with E-state index in [1.807, 2.05) is 31.2 Å². The van der Waals surface area contributed by atoms with Gasteiger partial charge in [0.15, 0.2) is 0 Å². The first kappa shape index (κ1) is 11.2. The predicted molar refractivity (Wildman–Crippen MR) is 69.6 cm³/mol. The molecule has 0 N–H and O–H groups in total. The second kappa shape index (κ2) is 5.17. The first-order chi connectivity index (χ1) is 7.81. The Morgan fingerprint density at radius 2 is 2.12 bits per heavy atom. The molecule has 0 unspecified atom stereocenters. The normalized spacial score (nSPS) is 10.1. The largest absolute Gasteiger partial charge is 0.493 e. The smallest absolute Gasteiger partial charge is 0.133 e. The molecule has 0 saturated heterocycles. The third-order valence-electron chi connectivity index (χ3n) is 2.27. The van der Waals surface area contributed by atoms with Gasteiger partial charge in [0.05, 0.1) is 11.1 Å². The van der Waals surface area contributed by atoms with Crippen LogP contribution < -0.4 is 4.74 Å². The zero-order valence-electron chi connectivity index (χ0n) is 9.03. The standard InChI is InChI=1S/C14H12BrO/c1-2-16-14-9-8-12(10-13(14)15)11-6-4-3-5-7-11/h3-4,6-10H,2H2,1H3. The molecule has 0 amide bonds. The molecule has 0 heterocycles. The monoisotopic (exact) mass is 275 g/mol. The van der Waals surface area contributed by atoms with Gasteiger partial charge in [0, 0.05) is 0 Å². The topological polar surface area (TPSA) is 9.23 Å². The van der Waals surface area contributed by atoms with Crippen LogP contribution in [0.3, 0.4) is 0 Å². The highest BCUT2D eigenvalue weighted by molar-refractivity contribution is 9.10. The van der Waals surface area contributed by atoms with E-state index in [2.05, 4.69) is 40.2 Å². The van der Waals surface area contributed by atoms with Crippen molar-refractivity contribution in [3.05, 3.63) is 53.0 Å². The Bertz CT molecular complexity index is 465. The van der Waals surface area contributed by atoms with Crippen LogP contribution in [0.1, 0.15) is 6.92 Å². The van der Waals surface area contributed by atoms with Crippen molar-refractivity contribution in [1.29, 1.82) is 0 Å². The van der Waals surface area contributed by atoms with Gasteiger partial charge in [-0.15, -0.1) is 0 Å². The average molecular weight is 276 g/mol. The number of rotatable bonds is 3. The van der Waals surface area contributed by atoms with E-state index in [1.165, 1.54) is 0 Å². The molecule has 2 aromatic rings. The summed E-state index contributed by atoms with van der Waals surface area (Å²) in [4.78, 5) is 0. The van der Waals surface area contributed by atoms with Gasteiger partial charge in [0.2, 0.25) is 0 Å². The van der Waals surface area contributed by atoms with E-state index in [-0.39, 0.29) is 0 Å². The van der Waals surface area contributed by atoms with Gasteiger partial charge in [-0.25, -0.2) is 0 Å². The first-order valence-corrected chi connectivity index (χ1v) is 5.99. The quantitative estimate of drug-likeness (QED) is 0.811. The van der Waals surface area contributed by atoms with Crippen LogP contribution in [0.25, 0.3) is 11.1 Å². The van der Waals surface area contributed by atoms with Crippen molar-refractivity contribution < 1.29 is 4.74 Å². The molecule has 0 fully saturated rings. The van der Waals surface area contributed by atoms with Crippen LogP contribution in [0, 0.1) is 6.07 Å². The summed E-state index contributed by atoms with van der Waals surface area (Å²) in [6, 6.07) is 17.1. The fourth-order valence-electron chi connectivity index (χ4n) is 1.53. The molecule has 0 bridgehead atoms. The third kappa shape index (κ3) is 2.45. The first-order valence-electron chi connectivity index (χ1n) is 5.20. The lowest BCUT2D eigenvalue weighted by Crippen LogP contribution is -1.92. The summed E-state index contributed by atoms with van der Waals surface area (Å²) < 4.78 is 6.45. The third-order valence-corrected chi connectivity index (χ3v) is 2.89. The Hall–Kier alpha value is -1.28. The summed E-state index contributed by atoms with van der Waals surface area (Å²) in [5.41, 5.74) is 2.32. The number of halogens is 1. The van der Waals surface area contributed by atoms with Gasteiger partial charge >= 0.3 is 0 Å². The number of hydrogen-bond acceptors (Lipinski definition) is 1. The number of hydrogen-bond donors (Lipinski definition) is 0. The SMILES string of the molecule is CCOc1ccc(-c2c[c]ccc2)cc1Br. The molecule has 0 aliphatic heterocycles. The molecular formula is C14H12BrO. The van der Waals surface area contributed by atoms with E-state index < -0.39 is 0 Å². The predicted octanol–water partition coefficient (Wildman–Crippen LogP) is 4.31. The summed E-state index contributed by atoms with van der Waals surface area (Å²) in [6.45, 7) is 2.66. The van der Waals surface area contributed by atoms with E-state index in [4.69, 9.17) is 4.74 Å². The van der Waals surface area contributed by atoms with E-state index in [1.54, 1.807) is 0 Å². The molecule has 2 aromatic carbocycles. The Morgan fingerprint density at radius 1 is 1.25 bits per heavy atom. The van der Waals surface area contributed by atoms with E-state index >= 15 is 0 Å². The maximum absolute atomic E-state index is 5.47. The molecule has 0 saturated carbocycles.